The van der Waals surface area contributed by atoms with Gasteiger partial charge in [0.15, 0.2) is 22.9 Å². The van der Waals surface area contributed by atoms with Crippen molar-refractivity contribution in [3.8, 4) is 11.4 Å². The van der Waals surface area contributed by atoms with Gasteiger partial charge in [-0.05, 0) is 18.9 Å². The van der Waals surface area contributed by atoms with Crippen LogP contribution < -0.4 is 5.32 Å². The highest BCUT2D eigenvalue weighted by Crippen LogP contribution is 2.35. The van der Waals surface area contributed by atoms with E-state index in [1.165, 1.54) is 19.3 Å². The van der Waals surface area contributed by atoms with E-state index in [0.29, 0.717) is 22.5 Å². The molecule has 4 aromatic rings. The minimum absolute atomic E-state index is 0.423. The van der Waals surface area contributed by atoms with Gasteiger partial charge in [0.25, 0.3) is 0 Å². The Hall–Kier alpha value is -1.52. The first-order chi connectivity index (χ1) is 13.7. The fourth-order valence-electron chi connectivity index (χ4n) is 3.81. The van der Waals surface area contributed by atoms with Crippen molar-refractivity contribution in [1.82, 2.24) is 18.9 Å². The number of hydrogen-bond donors (Lipinski definition) is 1. The third-order valence-corrected chi connectivity index (χ3v) is 7.05. The second-order valence-electron chi connectivity index (χ2n) is 6.97. The van der Waals surface area contributed by atoms with Crippen LogP contribution in [0.3, 0.4) is 0 Å². The van der Waals surface area contributed by atoms with Gasteiger partial charge in [0.05, 0.1) is 11.3 Å². The molecule has 1 aliphatic carbocycles. The zero-order valence-electron chi connectivity index (χ0n) is 14.9. The number of pyridine rings is 1. The summed E-state index contributed by atoms with van der Waals surface area (Å²) >= 11 is 8.46. The lowest BCUT2D eigenvalue weighted by molar-refractivity contribution is 0.461. The van der Waals surface area contributed by atoms with Gasteiger partial charge in [-0.15, -0.1) is 0 Å². The Bertz CT molecular complexity index is 1150. The number of halogens is 2. The number of nitrogens with zero attached hydrogens (tertiary/aromatic N) is 4. The van der Waals surface area contributed by atoms with Crippen LogP contribution in [0, 0.1) is 0 Å². The zero-order chi connectivity index (χ0) is 19.1. The maximum atomic E-state index is 6.22. The van der Waals surface area contributed by atoms with E-state index in [1.54, 1.807) is 21.6 Å². The van der Waals surface area contributed by atoms with Crippen LogP contribution in [0.25, 0.3) is 33.5 Å². The number of anilines is 1. The average molecular weight is 526 g/mol. The SMILES string of the molecule is Clc1cnc2c(c1)c(-c1nc(NC3CCCCC3)c3occc3n1)cn2SI. The minimum Gasteiger partial charge on any atom is -0.459 e. The molecule has 0 saturated heterocycles. The lowest BCUT2D eigenvalue weighted by atomic mass is 9.95. The Kier molecular flexibility index (Phi) is 5.10. The molecule has 0 spiro atoms. The Morgan fingerprint density at radius 3 is 2.93 bits per heavy atom. The molecule has 0 aliphatic heterocycles. The lowest BCUT2D eigenvalue weighted by Crippen LogP contribution is -2.23. The maximum Gasteiger partial charge on any atom is 0.194 e. The van der Waals surface area contributed by atoms with E-state index in [2.05, 4.69) is 31.5 Å². The quantitative estimate of drug-likeness (QED) is 0.307. The van der Waals surface area contributed by atoms with Crippen molar-refractivity contribution < 1.29 is 4.42 Å². The third kappa shape index (κ3) is 3.35. The third-order valence-electron chi connectivity index (χ3n) is 5.14. The smallest absolute Gasteiger partial charge is 0.194 e. The molecule has 4 heterocycles. The highest BCUT2D eigenvalue weighted by molar-refractivity contribution is 14.2. The van der Waals surface area contributed by atoms with Crippen LogP contribution in [0.1, 0.15) is 32.1 Å². The number of fused-ring (bicyclic) bond motifs is 2. The van der Waals surface area contributed by atoms with Gasteiger partial charge in [0.2, 0.25) is 0 Å². The molecule has 1 saturated carbocycles. The van der Waals surface area contributed by atoms with Gasteiger partial charge < -0.3 is 9.73 Å². The van der Waals surface area contributed by atoms with Gasteiger partial charge in [-0.2, -0.15) is 0 Å². The molecule has 5 rings (SSSR count). The number of aromatic nitrogens is 4. The van der Waals surface area contributed by atoms with Crippen molar-refractivity contribution in [2.24, 2.45) is 0 Å². The summed E-state index contributed by atoms with van der Waals surface area (Å²) in [5.74, 6) is 1.40. The summed E-state index contributed by atoms with van der Waals surface area (Å²) in [6.07, 6.45) is 11.5. The molecule has 28 heavy (non-hydrogen) atoms. The normalized spacial score (nSPS) is 15.5. The number of rotatable bonds is 4. The molecule has 1 N–H and O–H groups in total. The van der Waals surface area contributed by atoms with Gasteiger partial charge in [-0.3, -0.25) is 3.97 Å². The van der Waals surface area contributed by atoms with Crippen LogP contribution in [0.15, 0.2) is 35.2 Å². The van der Waals surface area contributed by atoms with Crippen LogP contribution >= 0.6 is 41.9 Å². The first-order valence-corrected chi connectivity index (χ1v) is 12.9. The van der Waals surface area contributed by atoms with E-state index in [9.17, 15) is 0 Å². The van der Waals surface area contributed by atoms with E-state index in [-0.39, 0.29) is 0 Å². The molecule has 4 aromatic heterocycles. The van der Waals surface area contributed by atoms with Crippen molar-refractivity contribution in [2.45, 2.75) is 38.1 Å². The molecule has 0 unspecified atom stereocenters. The first kappa shape index (κ1) is 18.5. The topological polar surface area (TPSA) is 68.8 Å². The highest BCUT2D eigenvalue weighted by atomic mass is 127. The molecular formula is C19H17ClIN5OS. The molecule has 9 heteroatoms. The molecule has 0 bridgehead atoms. The van der Waals surface area contributed by atoms with Crippen LogP contribution in [0.4, 0.5) is 5.82 Å². The minimum atomic E-state index is 0.423. The van der Waals surface area contributed by atoms with Crippen LogP contribution in [-0.2, 0) is 0 Å². The maximum absolute atomic E-state index is 6.22. The monoisotopic (exact) mass is 525 g/mol. The number of nitrogens with one attached hydrogen (secondary N) is 1. The van der Waals surface area contributed by atoms with Crippen molar-refractivity contribution in [3.05, 3.63) is 35.8 Å². The molecular weight excluding hydrogens is 509 g/mol. The summed E-state index contributed by atoms with van der Waals surface area (Å²) in [4.78, 5) is 14.1. The van der Waals surface area contributed by atoms with Gasteiger partial charge in [0.1, 0.15) is 5.52 Å². The molecule has 0 amide bonds. The van der Waals surface area contributed by atoms with E-state index in [4.69, 9.17) is 26.0 Å². The van der Waals surface area contributed by atoms with Gasteiger partial charge >= 0.3 is 0 Å². The predicted octanol–water partition coefficient (Wildman–Crippen LogP) is 6.48. The van der Waals surface area contributed by atoms with E-state index in [0.717, 1.165) is 40.8 Å². The zero-order valence-corrected chi connectivity index (χ0v) is 18.6. The Morgan fingerprint density at radius 1 is 1.25 bits per heavy atom. The predicted molar refractivity (Wildman–Crippen MR) is 123 cm³/mol. The van der Waals surface area contributed by atoms with Crippen LogP contribution in [-0.4, -0.2) is 25.0 Å². The van der Waals surface area contributed by atoms with Crippen LogP contribution in [0.5, 0.6) is 0 Å². The van der Waals surface area contributed by atoms with Crippen molar-refractivity contribution in [3.63, 3.8) is 0 Å². The standard InChI is InChI=1S/C19H17ClIN5OS/c20-11-8-13-14(10-26(28-21)19(13)22-9-11)17-24-15-6-7-27-16(15)18(25-17)23-12-4-2-1-3-5-12/h6-10,12H,1-5H2,(H,23,24,25). The lowest BCUT2D eigenvalue weighted by Gasteiger charge is -2.23. The molecule has 144 valence electrons. The summed E-state index contributed by atoms with van der Waals surface area (Å²) in [5.41, 5.74) is 3.25. The van der Waals surface area contributed by atoms with E-state index < -0.39 is 0 Å². The Balaban J connectivity index is 1.65. The summed E-state index contributed by atoms with van der Waals surface area (Å²) in [6, 6.07) is 4.22. The molecule has 0 aromatic carbocycles. The Labute approximate surface area is 183 Å². The largest absolute Gasteiger partial charge is 0.459 e. The average Bonchev–Trinajstić information content (AvgIpc) is 3.33. The van der Waals surface area contributed by atoms with Crippen molar-refractivity contribution in [2.75, 3.05) is 5.32 Å². The molecule has 0 radical (unpaired) electrons. The van der Waals surface area contributed by atoms with Gasteiger partial charge in [-0.1, -0.05) is 30.9 Å². The molecule has 1 fully saturated rings. The first-order valence-electron chi connectivity index (χ1n) is 9.21. The summed E-state index contributed by atoms with van der Waals surface area (Å²) in [7, 11) is 1.55. The summed E-state index contributed by atoms with van der Waals surface area (Å²) < 4.78 is 7.68. The van der Waals surface area contributed by atoms with Gasteiger partial charge in [-0.25, -0.2) is 15.0 Å². The van der Waals surface area contributed by atoms with Crippen LogP contribution in [0.2, 0.25) is 5.02 Å². The van der Waals surface area contributed by atoms with Crippen molar-refractivity contribution in [1.29, 1.82) is 0 Å². The molecule has 0 atom stereocenters. The molecule has 1 aliphatic rings. The van der Waals surface area contributed by atoms with Crippen molar-refractivity contribution >= 4 is 69.9 Å². The molecule has 6 nitrogen and oxygen atoms in total. The summed E-state index contributed by atoms with van der Waals surface area (Å²) in [5, 5.41) is 5.13. The second-order valence-corrected chi connectivity index (χ2v) is 9.12. The fraction of sp³-hybridized carbons (Fsp3) is 0.316. The highest BCUT2D eigenvalue weighted by Gasteiger charge is 2.20. The number of hydrogen-bond acceptors (Lipinski definition) is 6. The number of furan rings is 1. The summed E-state index contributed by atoms with van der Waals surface area (Å²) in [6.45, 7) is 0. The van der Waals surface area contributed by atoms with Gasteiger partial charge in [0, 0.05) is 65.8 Å². The fourth-order valence-corrected chi connectivity index (χ4v) is 5.22. The van der Waals surface area contributed by atoms with E-state index >= 15 is 0 Å². The second kappa shape index (κ2) is 7.72. The van der Waals surface area contributed by atoms with E-state index in [1.807, 2.05) is 22.3 Å². The Morgan fingerprint density at radius 2 is 2.11 bits per heavy atom.